The third-order valence-electron chi connectivity index (χ3n) is 3.13. The maximum absolute atomic E-state index is 5.81. The Hall–Kier alpha value is -2.05. The summed E-state index contributed by atoms with van der Waals surface area (Å²) in [6.07, 6.45) is 0. The Balaban J connectivity index is 2.08. The van der Waals surface area contributed by atoms with Crippen molar-refractivity contribution in [3.05, 3.63) is 35.9 Å². The molecular formula is C14H15N5S. The van der Waals surface area contributed by atoms with Crippen LogP contribution >= 0.6 is 11.9 Å². The van der Waals surface area contributed by atoms with Gasteiger partial charge in [-0.15, -0.1) is 0 Å². The molecular weight excluding hydrogens is 270 g/mol. The van der Waals surface area contributed by atoms with Crippen molar-refractivity contribution in [1.82, 2.24) is 19.9 Å². The van der Waals surface area contributed by atoms with Crippen molar-refractivity contribution < 1.29 is 0 Å². The number of aromatic nitrogens is 3. The van der Waals surface area contributed by atoms with Gasteiger partial charge < -0.3 is 5.73 Å². The van der Waals surface area contributed by atoms with Crippen molar-refractivity contribution in [2.24, 2.45) is 0 Å². The number of nitrogen functional groups attached to an aromatic ring is 1. The average molecular weight is 285 g/mol. The molecule has 4 N–H and O–H groups in total. The van der Waals surface area contributed by atoms with E-state index < -0.39 is 0 Å². The predicted octanol–water partition coefficient (Wildman–Crippen LogP) is 2.74. The highest BCUT2D eigenvalue weighted by molar-refractivity contribution is 7.97. The number of anilines is 1. The molecule has 6 heteroatoms. The standard InChI is InChI=1S/C14H15N5S/c1-8-7-9(20-16-2)3-4-10(8)11-5-6-12-13(17-11)14(15)19-18-12/h3-7,16H,1-2H3,(H3,15,18,19). The normalized spacial score (nSPS) is 11.1. The molecule has 0 saturated heterocycles. The Bertz CT molecular complexity index is 765. The molecule has 0 aliphatic rings. The van der Waals surface area contributed by atoms with Crippen molar-refractivity contribution in [3.8, 4) is 11.3 Å². The van der Waals surface area contributed by atoms with E-state index in [4.69, 9.17) is 5.73 Å². The summed E-state index contributed by atoms with van der Waals surface area (Å²) in [7, 11) is 1.91. The lowest BCUT2D eigenvalue weighted by Crippen LogP contribution is -1.93. The molecule has 3 aromatic rings. The molecule has 102 valence electrons. The number of fused-ring (bicyclic) bond motifs is 1. The topological polar surface area (TPSA) is 79.6 Å². The quantitative estimate of drug-likeness (QED) is 0.645. The number of hydrogen-bond acceptors (Lipinski definition) is 5. The number of hydrogen-bond donors (Lipinski definition) is 3. The second-order valence-corrected chi connectivity index (χ2v) is 5.57. The van der Waals surface area contributed by atoms with E-state index in [1.807, 2.05) is 19.2 Å². The number of aryl methyl sites for hydroxylation is 1. The second kappa shape index (κ2) is 5.15. The van der Waals surface area contributed by atoms with E-state index in [1.165, 1.54) is 10.5 Å². The molecule has 0 spiro atoms. The molecule has 0 unspecified atom stereocenters. The summed E-state index contributed by atoms with van der Waals surface area (Å²) in [5.41, 5.74) is 10.6. The van der Waals surface area contributed by atoms with E-state index in [0.717, 1.165) is 22.3 Å². The van der Waals surface area contributed by atoms with Gasteiger partial charge in [0, 0.05) is 10.5 Å². The molecule has 3 rings (SSSR count). The lowest BCUT2D eigenvalue weighted by Gasteiger charge is -2.08. The fourth-order valence-electron chi connectivity index (χ4n) is 2.17. The minimum absolute atomic E-state index is 0.432. The fraction of sp³-hybridized carbons (Fsp3) is 0.143. The minimum atomic E-state index is 0.432. The van der Waals surface area contributed by atoms with Gasteiger partial charge in [-0.2, -0.15) is 5.10 Å². The molecule has 0 saturated carbocycles. The molecule has 0 bridgehead atoms. The van der Waals surface area contributed by atoms with Crippen LogP contribution in [0, 0.1) is 6.92 Å². The first kappa shape index (κ1) is 13.0. The Morgan fingerprint density at radius 2 is 2.10 bits per heavy atom. The van der Waals surface area contributed by atoms with E-state index in [1.54, 1.807) is 11.9 Å². The van der Waals surface area contributed by atoms with Gasteiger partial charge in [-0.05, 0) is 55.7 Å². The van der Waals surface area contributed by atoms with Crippen molar-refractivity contribution >= 4 is 28.8 Å². The minimum Gasteiger partial charge on any atom is -0.380 e. The van der Waals surface area contributed by atoms with Crippen LogP contribution in [0.4, 0.5) is 5.82 Å². The van der Waals surface area contributed by atoms with Crippen LogP contribution in [-0.2, 0) is 0 Å². The molecule has 20 heavy (non-hydrogen) atoms. The first-order valence-corrected chi connectivity index (χ1v) is 7.06. The Morgan fingerprint density at radius 1 is 1.25 bits per heavy atom. The van der Waals surface area contributed by atoms with Crippen LogP contribution in [-0.4, -0.2) is 22.2 Å². The third kappa shape index (κ3) is 2.23. The van der Waals surface area contributed by atoms with Gasteiger partial charge in [-0.25, -0.2) is 4.98 Å². The molecule has 0 aliphatic carbocycles. The van der Waals surface area contributed by atoms with E-state index in [9.17, 15) is 0 Å². The lowest BCUT2D eigenvalue weighted by molar-refractivity contribution is 1.13. The van der Waals surface area contributed by atoms with Crippen molar-refractivity contribution in [3.63, 3.8) is 0 Å². The number of aromatic amines is 1. The van der Waals surface area contributed by atoms with Crippen LogP contribution in [0.1, 0.15) is 5.56 Å². The van der Waals surface area contributed by atoms with Crippen molar-refractivity contribution in [2.75, 3.05) is 12.8 Å². The number of pyridine rings is 1. The van der Waals surface area contributed by atoms with Gasteiger partial charge in [0.15, 0.2) is 5.82 Å². The summed E-state index contributed by atoms with van der Waals surface area (Å²) in [5, 5.41) is 6.83. The molecule has 2 aromatic heterocycles. The van der Waals surface area contributed by atoms with Crippen LogP contribution < -0.4 is 10.5 Å². The molecule has 0 amide bonds. The molecule has 0 fully saturated rings. The second-order valence-electron chi connectivity index (χ2n) is 4.48. The maximum atomic E-state index is 5.81. The summed E-state index contributed by atoms with van der Waals surface area (Å²) >= 11 is 1.59. The molecule has 1 aromatic carbocycles. The Labute approximate surface area is 121 Å². The highest BCUT2D eigenvalue weighted by Crippen LogP contribution is 2.27. The first-order valence-electron chi connectivity index (χ1n) is 6.24. The zero-order valence-corrected chi connectivity index (χ0v) is 12.1. The molecule has 5 nitrogen and oxygen atoms in total. The van der Waals surface area contributed by atoms with E-state index in [-0.39, 0.29) is 0 Å². The van der Waals surface area contributed by atoms with Gasteiger partial charge in [0.25, 0.3) is 0 Å². The highest BCUT2D eigenvalue weighted by Gasteiger charge is 2.09. The van der Waals surface area contributed by atoms with Crippen molar-refractivity contribution in [2.45, 2.75) is 11.8 Å². The van der Waals surface area contributed by atoms with Gasteiger partial charge in [0.1, 0.15) is 5.52 Å². The van der Waals surface area contributed by atoms with Crippen LogP contribution in [0.2, 0.25) is 0 Å². The number of nitrogens with zero attached hydrogens (tertiary/aromatic N) is 2. The average Bonchev–Trinajstić information content (AvgIpc) is 2.81. The van der Waals surface area contributed by atoms with Crippen LogP contribution in [0.5, 0.6) is 0 Å². The smallest absolute Gasteiger partial charge is 0.171 e. The highest BCUT2D eigenvalue weighted by atomic mass is 32.2. The lowest BCUT2D eigenvalue weighted by atomic mass is 10.1. The summed E-state index contributed by atoms with van der Waals surface area (Å²) in [6.45, 7) is 2.08. The number of nitrogens with one attached hydrogen (secondary N) is 2. The summed E-state index contributed by atoms with van der Waals surface area (Å²) < 4.78 is 3.07. The molecule has 0 atom stereocenters. The zero-order chi connectivity index (χ0) is 14.1. The van der Waals surface area contributed by atoms with Crippen molar-refractivity contribution in [1.29, 1.82) is 0 Å². The Kier molecular flexibility index (Phi) is 3.33. The van der Waals surface area contributed by atoms with Gasteiger partial charge >= 0.3 is 0 Å². The van der Waals surface area contributed by atoms with Gasteiger partial charge in [-0.1, -0.05) is 6.07 Å². The largest absolute Gasteiger partial charge is 0.380 e. The third-order valence-corrected chi connectivity index (χ3v) is 3.82. The molecule has 0 radical (unpaired) electrons. The predicted molar refractivity (Wildman–Crippen MR) is 83.4 cm³/mol. The Morgan fingerprint density at radius 3 is 2.85 bits per heavy atom. The number of rotatable bonds is 3. The summed E-state index contributed by atoms with van der Waals surface area (Å²) in [6, 6.07) is 10.2. The van der Waals surface area contributed by atoms with E-state index >= 15 is 0 Å². The van der Waals surface area contributed by atoms with Gasteiger partial charge in [-0.3, -0.25) is 9.82 Å². The van der Waals surface area contributed by atoms with Crippen LogP contribution in [0.25, 0.3) is 22.3 Å². The summed E-state index contributed by atoms with van der Waals surface area (Å²) in [5.74, 6) is 0.432. The SMILES string of the molecule is CNSc1ccc(-c2ccc3[nH]nc(N)c3n2)c(C)c1. The zero-order valence-electron chi connectivity index (χ0n) is 11.3. The monoisotopic (exact) mass is 285 g/mol. The van der Waals surface area contributed by atoms with Gasteiger partial charge in [0.05, 0.1) is 11.2 Å². The number of nitrogens with two attached hydrogens (primary N) is 1. The summed E-state index contributed by atoms with van der Waals surface area (Å²) in [4.78, 5) is 5.78. The number of H-pyrrole nitrogens is 1. The molecule has 0 aliphatic heterocycles. The van der Waals surface area contributed by atoms with Crippen LogP contribution in [0.15, 0.2) is 35.2 Å². The van der Waals surface area contributed by atoms with Gasteiger partial charge in [0.2, 0.25) is 0 Å². The first-order chi connectivity index (χ1) is 9.69. The van der Waals surface area contributed by atoms with Crippen LogP contribution in [0.3, 0.4) is 0 Å². The number of benzene rings is 1. The fourth-order valence-corrected chi connectivity index (χ4v) is 2.78. The van der Waals surface area contributed by atoms with E-state index in [0.29, 0.717) is 5.82 Å². The molecule has 2 heterocycles. The van der Waals surface area contributed by atoms with E-state index in [2.05, 4.69) is 45.0 Å². The maximum Gasteiger partial charge on any atom is 0.171 e.